The van der Waals surface area contributed by atoms with Crippen LogP contribution < -0.4 is 4.72 Å². The molecule has 0 saturated carbocycles. The Kier molecular flexibility index (Phi) is 3.60. The molecule has 0 aliphatic heterocycles. The summed E-state index contributed by atoms with van der Waals surface area (Å²) in [5.41, 5.74) is 0.875. The molecule has 90 valence electrons. The zero-order chi connectivity index (χ0) is 12.3. The molecule has 1 heterocycles. The van der Waals surface area contributed by atoms with E-state index < -0.39 is 10.0 Å². The van der Waals surface area contributed by atoms with Crippen molar-refractivity contribution in [3.05, 3.63) is 46.7 Å². The molecule has 0 amide bonds. The largest absolute Gasteiger partial charge is 0.284 e. The van der Waals surface area contributed by atoms with E-state index in [0.29, 0.717) is 0 Å². The molecule has 0 aliphatic carbocycles. The molecule has 1 aromatic heterocycles. The normalized spacial score (nSPS) is 11.6. The van der Waals surface area contributed by atoms with E-state index in [2.05, 4.69) is 30.8 Å². The fraction of sp³-hybridized carbons (Fsp3) is 0.100. The maximum atomic E-state index is 11.8. The van der Waals surface area contributed by atoms with Gasteiger partial charge in [-0.1, -0.05) is 34.1 Å². The van der Waals surface area contributed by atoms with E-state index >= 15 is 0 Å². The first-order chi connectivity index (χ1) is 8.09. The third-order valence-corrected chi connectivity index (χ3v) is 4.34. The van der Waals surface area contributed by atoms with E-state index in [0.717, 1.165) is 10.0 Å². The number of sulfonamides is 1. The van der Waals surface area contributed by atoms with Crippen molar-refractivity contribution in [2.45, 2.75) is 11.4 Å². The third-order valence-electron chi connectivity index (χ3n) is 2.19. The van der Waals surface area contributed by atoms with Crippen LogP contribution in [-0.2, 0) is 16.6 Å². The lowest BCUT2D eigenvalue weighted by Crippen LogP contribution is -2.23. The Bertz CT molecular complexity index is 596. The van der Waals surface area contributed by atoms with Crippen molar-refractivity contribution in [1.29, 1.82) is 0 Å². The molecule has 7 heteroatoms. The molecule has 2 N–H and O–H groups in total. The quantitative estimate of drug-likeness (QED) is 0.901. The second kappa shape index (κ2) is 4.99. The molecule has 0 spiro atoms. The van der Waals surface area contributed by atoms with Crippen LogP contribution in [0.2, 0.25) is 0 Å². The van der Waals surface area contributed by atoms with Crippen molar-refractivity contribution in [2.75, 3.05) is 0 Å². The molecule has 0 saturated heterocycles. The lowest BCUT2D eigenvalue weighted by atomic mass is 10.2. The lowest BCUT2D eigenvalue weighted by molar-refractivity contribution is 0.581. The Morgan fingerprint density at radius 3 is 2.76 bits per heavy atom. The Morgan fingerprint density at radius 2 is 2.12 bits per heavy atom. The number of benzene rings is 1. The van der Waals surface area contributed by atoms with Crippen molar-refractivity contribution in [2.24, 2.45) is 0 Å². The van der Waals surface area contributed by atoms with Gasteiger partial charge in [-0.2, -0.15) is 5.10 Å². The Morgan fingerprint density at radius 1 is 1.35 bits per heavy atom. The maximum absolute atomic E-state index is 11.8. The minimum absolute atomic E-state index is 0.129. The van der Waals surface area contributed by atoms with Gasteiger partial charge in [0.15, 0.2) is 0 Å². The van der Waals surface area contributed by atoms with Gasteiger partial charge in [-0.3, -0.25) is 5.10 Å². The number of hydrogen-bond acceptors (Lipinski definition) is 3. The van der Waals surface area contributed by atoms with Crippen LogP contribution >= 0.6 is 15.9 Å². The average Bonchev–Trinajstić information content (AvgIpc) is 2.82. The number of halogens is 1. The number of hydrogen-bond donors (Lipinski definition) is 2. The molecule has 0 bridgehead atoms. The fourth-order valence-corrected chi connectivity index (χ4v) is 2.62. The van der Waals surface area contributed by atoms with Gasteiger partial charge >= 0.3 is 0 Å². The van der Waals surface area contributed by atoms with E-state index in [1.807, 2.05) is 24.3 Å². The Hall–Kier alpha value is -1.18. The number of rotatable bonds is 4. The van der Waals surface area contributed by atoms with Crippen LogP contribution in [0.5, 0.6) is 0 Å². The van der Waals surface area contributed by atoms with Gasteiger partial charge < -0.3 is 0 Å². The fourth-order valence-electron chi connectivity index (χ4n) is 1.28. The van der Waals surface area contributed by atoms with E-state index in [-0.39, 0.29) is 11.4 Å². The molecule has 0 aliphatic rings. The SMILES string of the molecule is O=S(=O)(NCc1ccccc1Br)c1cn[nH]c1. The molecular formula is C10H10BrN3O2S. The van der Waals surface area contributed by atoms with Gasteiger partial charge in [0.25, 0.3) is 0 Å². The van der Waals surface area contributed by atoms with Gasteiger partial charge in [0.1, 0.15) is 4.90 Å². The third kappa shape index (κ3) is 2.93. The van der Waals surface area contributed by atoms with E-state index in [4.69, 9.17) is 0 Å². The van der Waals surface area contributed by atoms with Crippen molar-refractivity contribution in [3.63, 3.8) is 0 Å². The standard InChI is InChI=1S/C10H10BrN3O2S/c11-10-4-2-1-3-8(10)5-14-17(15,16)9-6-12-13-7-9/h1-4,6-7,14H,5H2,(H,12,13). The van der Waals surface area contributed by atoms with Gasteiger partial charge in [0.05, 0.1) is 6.20 Å². The summed E-state index contributed by atoms with van der Waals surface area (Å²) in [5.74, 6) is 0. The highest BCUT2D eigenvalue weighted by atomic mass is 79.9. The summed E-state index contributed by atoms with van der Waals surface area (Å²) in [6.07, 6.45) is 2.60. The molecule has 0 atom stereocenters. The average molecular weight is 316 g/mol. The van der Waals surface area contributed by atoms with Gasteiger partial charge in [0.2, 0.25) is 10.0 Å². The van der Waals surface area contributed by atoms with Crippen molar-refractivity contribution in [1.82, 2.24) is 14.9 Å². The van der Waals surface area contributed by atoms with Crippen LogP contribution in [0.4, 0.5) is 0 Å². The summed E-state index contributed by atoms with van der Waals surface area (Å²) in [5, 5.41) is 6.07. The van der Waals surface area contributed by atoms with Crippen molar-refractivity contribution >= 4 is 26.0 Å². The summed E-state index contributed by atoms with van der Waals surface area (Å²) in [6.45, 7) is 0.231. The van der Waals surface area contributed by atoms with Crippen LogP contribution in [0, 0.1) is 0 Å². The Balaban J connectivity index is 2.12. The topological polar surface area (TPSA) is 74.8 Å². The maximum Gasteiger partial charge on any atom is 0.243 e. The van der Waals surface area contributed by atoms with Crippen molar-refractivity contribution in [3.8, 4) is 0 Å². The minimum atomic E-state index is -3.50. The first-order valence-corrected chi connectivity index (χ1v) is 7.09. The predicted molar refractivity (Wildman–Crippen MR) is 66.8 cm³/mol. The summed E-state index contributed by atoms with van der Waals surface area (Å²) >= 11 is 3.36. The van der Waals surface area contributed by atoms with E-state index in [1.165, 1.54) is 12.4 Å². The predicted octanol–water partition coefficient (Wildman–Crippen LogP) is 1.65. The van der Waals surface area contributed by atoms with Gasteiger partial charge in [-0.25, -0.2) is 13.1 Å². The van der Waals surface area contributed by atoms with E-state index in [1.54, 1.807) is 0 Å². The molecule has 0 unspecified atom stereocenters. The summed E-state index contributed by atoms with van der Waals surface area (Å²) in [4.78, 5) is 0.129. The van der Waals surface area contributed by atoms with Crippen LogP contribution in [0.1, 0.15) is 5.56 Å². The second-order valence-electron chi connectivity index (χ2n) is 3.35. The smallest absolute Gasteiger partial charge is 0.243 e. The van der Waals surface area contributed by atoms with Crippen LogP contribution in [0.3, 0.4) is 0 Å². The summed E-state index contributed by atoms with van der Waals surface area (Å²) < 4.78 is 27.0. The number of aromatic nitrogens is 2. The minimum Gasteiger partial charge on any atom is -0.284 e. The van der Waals surface area contributed by atoms with Gasteiger partial charge in [-0.15, -0.1) is 0 Å². The summed E-state index contributed by atoms with van der Waals surface area (Å²) in [7, 11) is -3.50. The Labute approximate surface area is 107 Å². The highest BCUT2D eigenvalue weighted by Gasteiger charge is 2.14. The number of nitrogens with one attached hydrogen (secondary N) is 2. The van der Waals surface area contributed by atoms with Gasteiger partial charge in [-0.05, 0) is 11.6 Å². The first kappa shape index (κ1) is 12.3. The molecule has 2 aromatic rings. The van der Waals surface area contributed by atoms with Crippen LogP contribution in [0.15, 0.2) is 46.0 Å². The van der Waals surface area contributed by atoms with E-state index in [9.17, 15) is 8.42 Å². The number of H-pyrrole nitrogens is 1. The molecule has 0 radical (unpaired) electrons. The second-order valence-corrected chi connectivity index (χ2v) is 5.97. The van der Waals surface area contributed by atoms with Crippen molar-refractivity contribution < 1.29 is 8.42 Å². The lowest BCUT2D eigenvalue weighted by Gasteiger charge is -2.06. The number of nitrogens with zero attached hydrogens (tertiary/aromatic N) is 1. The molecular weight excluding hydrogens is 306 g/mol. The monoisotopic (exact) mass is 315 g/mol. The summed E-state index contributed by atoms with van der Waals surface area (Å²) in [6, 6.07) is 7.44. The molecule has 2 rings (SSSR count). The molecule has 1 aromatic carbocycles. The zero-order valence-corrected chi connectivity index (χ0v) is 11.1. The highest BCUT2D eigenvalue weighted by molar-refractivity contribution is 9.10. The zero-order valence-electron chi connectivity index (χ0n) is 8.72. The van der Waals surface area contributed by atoms with Crippen LogP contribution in [0.25, 0.3) is 0 Å². The number of aromatic amines is 1. The first-order valence-electron chi connectivity index (χ1n) is 4.81. The van der Waals surface area contributed by atoms with Gasteiger partial charge in [0, 0.05) is 17.2 Å². The molecule has 0 fully saturated rings. The molecule has 17 heavy (non-hydrogen) atoms. The highest BCUT2D eigenvalue weighted by Crippen LogP contribution is 2.16. The molecule has 5 nitrogen and oxygen atoms in total. The van der Waals surface area contributed by atoms with Crippen LogP contribution in [-0.4, -0.2) is 18.6 Å².